The van der Waals surface area contributed by atoms with E-state index in [1.165, 1.54) is 25.7 Å². The largest absolute Gasteiger partial charge is 0.314 e. The van der Waals surface area contributed by atoms with Crippen molar-refractivity contribution in [1.82, 2.24) is 42.5 Å². The van der Waals surface area contributed by atoms with Gasteiger partial charge in [-0.15, -0.1) is 0 Å². The lowest BCUT2D eigenvalue weighted by Crippen LogP contribution is -2.66. The molecule has 2 bridgehead atoms. The molecule has 0 aromatic carbocycles. The summed E-state index contributed by atoms with van der Waals surface area (Å²) in [6.07, 6.45) is 8.17. The van der Waals surface area contributed by atoms with Crippen LogP contribution < -0.4 is 42.5 Å². The van der Waals surface area contributed by atoms with Gasteiger partial charge in [0, 0.05) is 85.6 Å². The van der Waals surface area contributed by atoms with E-state index in [4.69, 9.17) is 0 Å². The number of fused-ring (bicyclic) bond motifs is 15. The minimum absolute atomic E-state index is 0.0117. The molecule has 3 aliphatic rings. The molecule has 0 saturated carbocycles. The van der Waals surface area contributed by atoms with Gasteiger partial charge in [-0.2, -0.15) is 0 Å². The lowest BCUT2D eigenvalue weighted by atomic mass is 9.97. The molecule has 32 heavy (non-hydrogen) atoms. The Labute approximate surface area is 196 Å². The Kier molecular flexibility index (Phi) is 14.6. The Morgan fingerprint density at radius 3 is 1.53 bits per heavy atom. The Hall–Kier alpha value is -0.650. The molecule has 0 atom stereocenters. The van der Waals surface area contributed by atoms with Crippen molar-refractivity contribution in [3.63, 3.8) is 0 Å². The molecule has 9 nitrogen and oxygen atoms in total. The fourth-order valence-electron chi connectivity index (χ4n) is 4.52. The van der Waals surface area contributed by atoms with Crippen molar-refractivity contribution in [2.75, 3.05) is 99.2 Å². The van der Waals surface area contributed by atoms with Gasteiger partial charge in [0.05, 0.1) is 11.1 Å². The van der Waals surface area contributed by atoms with Gasteiger partial charge in [-0.1, -0.05) is 12.8 Å². The summed E-state index contributed by atoms with van der Waals surface area (Å²) in [7, 11) is 3.93. The molecule has 8 N–H and O–H groups in total. The number of hydrogen-bond donors (Lipinski definition) is 8. The number of likely N-dealkylation sites (N-methyl/N-ethyl adjacent to an activating group) is 1. The Balaban J connectivity index is 1.93. The van der Waals surface area contributed by atoms with Crippen LogP contribution in [0, 0.1) is 0 Å². The summed E-state index contributed by atoms with van der Waals surface area (Å²) in [5.41, 5.74) is 0.0285. The Bertz CT molecular complexity index is 443. The summed E-state index contributed by atoms with van der Waals surface area (Å²) >= 11 is 0. The predicted octanol–water partition coefficient (Wildman–Crippen LogP) is -1.51. The molecule has 3 heterocycles. The average molecular weight is 454 g/mol. The standard InChI is InChI=1S/C23H51N9/c1-24-8-6-4-3-5-7-9-32-23-19-29-13-10-26-16-22(25-2,17-27-11-14-30-20-23)18-28-12-15-31-21-23/h8,25-32H,3-7,9-21H2,1-2H3/b24-8-. The molecule has 9 heteroatoms. The highest BCUT2D eigenvalue weighted by Gasteiger charge is 2.30. The number of nitrogens with zero attached hydrogens (tertiary/aromatic N) is 1. The van der Waals surface area contributed by atoms with Crippen LogP contribution in [0.1, 0.15) is 32.1 Å². The third-order valence-electron chi connectivity index (χ3n) is 6.69. The molecule has 0 aromatic heterocycles. The van der Waals surface area contributed by atoms with Crippen molar-refractivity contribution in [1.29, 1.82) is 0 Å². The maximum Gasteiger partial charge on any atom is 0.0558 e. The lowest BCUT2D eigenvalue weighted by molar-refractivity contribution is 0.260. The monoisotopic (exact) mass is 453 g/mol. The first-order valence-corrected chi connectivity index (χ1v) is 12.8. The first kappa shape index (κ1) is 27.6. The van der Waals surface area contributed by atoms with Gasteiger partial charge in [0.25, 0.3) is 0 Å². The molecule has 3 saturated heterocycles. The highest BCUT2D eigenvalue weighted by atomic mass is 15.2. The van der Waals surface area contributed by atoms with Crippen LogP contribution in [0.2, 0.25) is 0 Å². The van der Waals surface area contributed by atoms with E-state index in [0.29, 0.717) is 0 Å². The lowest BCUT2D eigenvalue weighted by Gasteiger charge is -2.38. The molecule has 0 radical (unpaired) electrons. The third kappa shape index (κ3) is 11.0. The first-order chi connectivity index (χ1) is 15.7. The van der Waals surface area contributed by atoms with Crippen molar-refractivity contribution >= 4 is 6.21 Å². The van der Waals surface area contributed by atoms with Crippen LogP contribution in [-0.4, -0.2) is 116 Å². The Morgan fingerprint density at radius 2 is 1.09 bits per heavy atom. The fourth-order valence-corrected chi connectivity index (χ4v) is 4.52. The van der Waals surface area contributed by atoms with E-state index >= 15 is 0 Å². The second kappa shape index (κ2) is 16.9. The quantitative estimate of drug-likeness (QED) is 0.157. The SMILES string of the molecule is C/N=C\CCCCCCNC12CNCCNCC(NC)(CNCCNC1)CNCCNC2. The van der Waals surface area contributed by atoms with Gasteiger partial charge in [0.2, 0.25) is 0 Å². The molecule has 0 aromatic rings. The fraction of sp³-hybridized carbons (Fsp3) is 0.957. The zero-order chi connectivity index (χ0) is 22.8. The zero-order valence-electron chi connectivity index (χ0n) is 20.8. The van der Waals surface area contributed by atoms with Crippen molar-refractivity contribution in [3.05, 3.63) is 0 Å². The van der Waals surface area contributed by atoms with Crippen molar-refractivity contribution in [2.24, 2.45) is 4.99 Å². The van der Waals surface area contributed by atoms with E-state index in [0.717, 1.165) is 91.5 Å². The van der Waals surface area contributed by atoms with Gasteiger partial charge < -0.3 is 47.5 Å². The van der Waals surface area contributed by atoms with Gasteiger partial charge in [-0.05, 0) is 39.1 Å². The molecular weight excluding hydrogens is 402 g/mol. The van der Waals surface area contributed by atoms with Crippen molar-refractivity contribution in [2.45, 2.75) is 43.2 Å². The van der Waals surface area contributed by atoms with E-state index in [9.17, 15) is 0 Å². The highest BCUT2D eigenvalue weighted by Crippen LogP contribution is 2.06. The average Bonchev–Trinajstić information content (AvgIpc) is 2.81. The maximum atomic E-state index is 4.07. The molecule has 3 aliphatic heterocycles. The number of nitrogens with one attached hydrogen (secondary N) is 8. The normalized spacial score (nSPS) is 29.7. The van der Waals surface area contributed by atoms with Crippen LogP contribution in [0.5, 0.6) is 0 Å². The van der Waals surface area contributed by atoms with Crippen molar-refractivity contribution < 1.29 is 0 Å². The molecule has 3 rings (SSSR count). The summed E-state index contributed by atoms with van der Waals surface area (Å²) in [5, 5.41) is 29.7. The zero-order valence-corrected chi connectivity index (χ0v) is 20.8. The van der Waals surface area contributed by atoms with Gasteiger partial charge in [0.15, 0.2) is 0 Å². The summed E-state index contributed by atoms with van der Waals surface area (Å²) in [4.78, 5) is 4.07. The second-order valence-corrected chi connectivity index (χ2v) is 9.44. The second-order valence-electron chi connectivity index (χ2n) is 9.44. The van der Waals surface area contributed by atoms with Crippen LogP contribution in [-0.2, 0) is 0 Å². The number of unbranched alkanes of at least 4 members (excludes halogenated alkanes) is 4. The van der Waals surface area contributed by atoms with Gasteiger partial charge >= 0.3 is 0 Å². The third-order valence-corrected chi connectivity index (χ3v) is 6.69. The highest BCUT2D eigenvalue weighted by molar-refractivity contribution is 5.56. The van der Waals surface area contributed by atoms with Gasteiger partial charge in [-0.3, -0.25) is 0 Å². The molecule has 188 valence electrons. The summed E-state index contributed by atoms with van der Waals surface area (Å²) < 4.78 is 0. The number of aliphatic imine (C=N–C) groups is 1. The molecule has 0 spiro atoms. The topological polar surface area (TPSA) is 109 Å². The van der Waals surface area contributed by atoms with Crippen LogP contribution in [0.3, 0.4) is 0 Å². The van der Waals surface area contributed by atoms with E-state index in [2.05, 4.69) is 54.6 Å². The van der Waals surface area contributed by atoms with E-state index in [1.807, 2.05) is 13.3 Å². The number of hydrogen-bond acceptors (Lipinski definition) is 9. The smallest absolute Gasteiger partial charge is 0.0558 e. The maximum absolute atomic E-state index is 4.07. The Morgan fingerprint density at radius 1 is 0.656 bits per heavy atom. The van der Waals surface area contributed by atoms with Crippen LogP contribution in [0.25, 0.3) is 0 Å². The molecule has 0 amide bonds. The van der Waals surface area contributed by atoms with Crippen LogP contribution in [0.4, 0.5) is 0 Å². The van der Waals surface area contributed by atoms with Crippen LogP contribution in [0.15, 0.2) is 4.99 Å². The van der Waals surface area contributed by atoms with E-state index in [-0.39, 0.29) is 11.1 Å². The number of rotatable bonds is 9. The molecular formula is C23H51N9. The van der Waals surface area contributed by atoms with E-state index < -0.39 is 0 Å². The van der Waals surface area contributed by atoms with E-state index in [1.54, 1.807) is 0 Å². The molecule has 0 aliphatic carbocycles. The van der Waals surface area contributed by atoms with Crippen LogP contribution >= 0.6 is 0 Å². The summed E-state index contributed by atoms with van der Waals surface area (Å²) in [6.45, 7) is 12.6. The predicted molar refractivity (Wildman–Crippen MR) is 137 cm³/mol. The molecule has 3 fully saturated rings. The molecule has 0 unspecified atom stereocenters. The summed E-state index contributed by atoms with van der Waals surface area (Å²) in [6, 6.07) is 0. The first-order valence-electron chi connectivity index (χ1n) is 12.8. The van der Waals surface area contributed by atoms with Gasteiger partial charge in [-0.25, -0.2) is 0 Å². The van der Waals surface area contributed by atoms with Crippen molar-refractivity contribution in [3.8, 4) is 0 Å². The minimum atomic E-state index is 0.0117. The van der Waals surface area contributed by atoms with Gasteiger partial charge in [0.1, 0.15) is 0 Å². The summed E-state index contributed by atoms with van der Waals surface area (Å²) in [5.74, 6) is 0. The minimum Gasteiger partial charge on any atom is -0.314 e.